The molecular weight excluding hydrogens is 188 g/mol. The van der Waals surface area contributed by atoms with Gasteiger partial charge < -0.3 is 11.1 Å². The van der Waals surface area contributed by atoms with E-state index >= 15 is 0 Å². The summed E-state index contributed by atoms with van der Waals surface area (Å²) in [6.45, 7) is 0. The molecule has 2 atom stereocenters. The molecule has 1 heterocycles. The Kier molecular flexibility index (Phi) is 2.84. The number of nitriles is 1. The molecule has 1 fully saturated rings. The molecule has 1 saturated carbocycles. The predicted octanol–water partition coefficient (Wildman–Crippen LogP) is 1.24. The maximum atomic E-state index is 8.74. The number of aromatic nitrogens is 1. The van der Waals surface area contributed by atoms with Crippen LogP contribution >= 0.6 is 0 Å². The highest BCUT2D eigenvalue weighted by molar-refractivity contribution is 5.43. The number of rotatable bonds is 2. The van der Waals surface area contributed by atoms with E-state index in [2.05, 4.69) is 16.4 Å². The molecule has 1 aromatic heterocycles. The third kappa shape index (κ3) is 2.25. The van der Waals surface area contributed by atoms with Gasteiger partial charge in [0.05, 0.1) is 11.6 Å². The van der Waals surface area contributed by atoms with Gasteiger partial charge in [-0.05, 0) is 31.4 Å². The minimum atomic E-state index is 0.206. The van der Waals surface area contributed by atoms with Gasteiger partial charge in [-0.1, -0.05) is 0 Å². The first-order valence-corrected chi connectivity index (χ1v) is 5.18. The molecule has 2 unspecified atom stereocenters. The summed E-state index contributed by atoms with van der Waals surface area (Å²) in [4.78, 5) is 4.17. The number of nitrogens with two attached hydrogens (primary N) is 1. The van der Waals surface area contributed by atoms with E-state index in [1.54, 1.807) is 18.3 Å². The van der Waals surface area contributed by atoms with Gasteiger partial charge in [-0.15, -0.1) is 0 Å². The van der Waals surface area contributed by atoms with Crippen molar-refractivity contribution in [1.82, 2.24) is 4.98 Å². The topological polar surface area (TPSA) is 74.7 Å². The van der Waals surface area contributed by atoms with Crippen LogP contribution in [0.25, 0.3) is 0 Å². The van der Waals surface area contributed by atoms with Crippen LogP contribution in [0.4, 0.5) is 5.82 Å². The van der Waals surface area contributed by atoms with Gasteiger partial charge in [-0.25, -0.2) is 4.98 Å². The molecule has 0 amide bonds. The Hall–Kier alpha value is -1.60. The molecular formula is C11H14N4. The van der Waals surface area contributed by atoms with Crippen molar-refractivity contribution in [2.24, 2.45) is 5.73 Å². The van der Waals surface area contributed by atoms with Crippen LogP contribution in [0.3, 0.4) is 0 Å². The van der Waals surface area contributed by atoms with E-state index in [1.165, 1.54) is 0 Å². The maximum absolute atomic E-state index is 8.74. The normalized spacial score (nSPS) is 24.8. The number of hydrogen-bond donors (Lipinski definition) is 2. The van der Waals surface area contributed by atoms with Crippen molar-refractivity contribution in [3.05, 3.63) is 23.9 Å². The Labute approximate surface area is 89.1 Å². The summed E-state index contributed by atoms with van der Waals surface area (Å²) in [5.41, 5.74) is 6.57. The van der Waals surface area contributed by atoms with Crippen LogP contribution in [0.5, 0.6) is 0 Å². The largest absolute Gasteiger partial charge is 0.366 e. The first-order valence-electron chi connectivity index (χ1n) is 5.18. The molecule has 1 aliphatic carbocycles. The zero-order valence-corrected chi connectivity index (χ0v) is 8.48. The fourth-order valence-electron chi connectivity index (χ4n) is 1.94. The van der Waals surface area contributed by atoms with Gasteiger partial charge in [0.25, 0.3) is 0 Å². The second-order valence-corrected chi connectivity index (χ2v) is 3.89. The molecule has 3 N–H and O–H groups in total. The van der Waals surface area contributed by atoms with Crippen molar-refractivity contribution >= 4 is 5.82 Å². The molecule has 1 aromatic rings. The van der Waals surface area contributed by atoms with E-state index in [1.807, 2.05) is 0 Å². The monoisotopic (exact) mass is 202 g/mol. The van der Waals surface area contributed by atoms with Crippen molar-refractivity contribution in [3.8, 4) is 6.07 Å². The Morgan fingerprint density at radius 2 is 2.40 bits per heavy atom. The summed E-state index contributed by atoms with van der Waals surface area (Å²) in [6, 6.07) is 6.05. The van der Waals surface area contributed by atoms with Crippen molar-refractivity contribution in [2.45, 2.75) is 31.3 Å². The maximum Gasteiger partial charge on any atom is 0.127 e. The molecule has 2 rings (SSSR count). The van der Waals surface area contributed by atoms with Gasteiger partial charge in [0.2, 0.25) is 0 Å². The van der Waals surface area contributed by atoms with Gasteiger partial charge >= 0.3 is 0 Å². The molecule has 0 spiro atoms. The van der Waals surface area contributed by atoms with E-state index < -0.39 is 0 Å². The molecule has 78 valence electrons. The second kappa shape index (κ2) is 4.28. The van der Waals surface area contributed by atoms with E-state index in [-0.39, 0.29) is 6.04 Å². The van der Waals surface area contributed by atoms with Crippen molar-refractivity contribution in [2.75, 3.05) is 5.32 Å². The highest BCUT2D eigenvalue weighted by Crippen LogP contribution is 2.20. The van der Waals surface area contributed by atoms with Crippen LogP contribution in [0, 0.1) is 11.3 Å². The van der Waals surface area contributed by atoms with E-state index in [4.69, 9.17) is 11.0 Å². The molecule has 15 heavy (non-hydrogen) atoms. The van der Waals surface area contributed by atoms with Crippen LogP contribution in [-0.4, -0.2) is 17.1 Å². The molecule has 4 heteroatoms. The smallest absolute Gasteiger partial charge is 0.127 e. The SMILES string of the molecule is N#Cc1ccnc(NC2CCCC2N)c1. The van der Waals surface area contributed by atoms with Crippen molar-refractivity contribution in [3.63, 3.8) is 0 Å². The van der Waals surface area contributed by atoms with Crippen LogP contribution in [0.15, 0.2) is 18.3 Å². The van der Waals surface area contributed by atoms with Gasteiger partial charge in [-0.2, -0.15) is 5.26 Å². The number of nitrogens with zero attached hydrogens (tertiary/aromatic N) is 2. The highest BCUT2D eigenvalue weighted by Gasteiger charge is 2.23. The second-order valence-electron chi connectivity index (χ2n) is 3.89. The first kappa shape index (κ1) is 9.94. The summed E-state index contributed by atoms with van der Waals surface area (Å²) in [5.74, 6) is 0.747. The third-order valence-corrected chi connectivity index (χ3v) is 2.79. The lowest BCUT2D eigenvalue weighted by Crippen LogP contribution is -2.35. The summed E-state index contributed by atoms with van der Waals surface area (Å²) in [6.07, 6.45) is 4.95. The molecule has 0 saturated heterocycles. The standard InChI is InChI=1S/C11H14N4/c12-7-8-4-5-14-11(6-8)15-10-3-1-2-9(10)13/h4-6,9-10H,1-3,13H2,(H,14,15). The van der Waals surface area contributed by atoms with Crippen LogP contribution < -0.4 is 11.1 Å². The summed E-state index contributed by atoms with van der Waals surface area (Å²) in [5, 5.41) is 12.0. The summed E-state index contributed by atoms with van der Waals surface area (Å²) in [7, 11) is 0. The average molecular weight is 202 g/mol. The summed E-state index contributed by atoms with van der Waals surface area (Å²) < 4.78 is 0. The first-order chi connectivity index (χ1) is 7.29. The van der Waals surface area contributed by atoms with Gasteiger partial charge in [0.1, 0.15) is 5.82 Å². The molecule has 4 nitrogen and oxygen atoms in total. The Morgan fingerprint density at radius 1 is 1.53 bits per heavy atom. The van der Waals surface area contributed by atoms with Gasteiger partial charge in [0, 0.05) is 18.3 Å². The minimum absolute atomic E-state index is 0.206. The van der Waals surface area contributed by atoms with Crippen molar-refractivity contribution < 1.29 is 0 Å². The molecule has 0 aromatic carbocycles. The fraction of sp³-hybridized carbons (Fsp3) is 0.455. The van der Waals surface area contributed by atoms with Gasteiger partial charge in [0.15, 0.2) is 0 Å². The lowest BCUT2D eigenvalue weighted by molar-refractivity contribution is 0.635. The lowest BCUT2D eigenvalue weighted by Gasteiger charge is -2.17. The minimum Gasteiger partial charge on any atom is -0.366 e. The van der Waals surface area contributed by atoms with Crippen LogP contribution in [-0.2, 0) is 0 Å². The van der Waals surface area contributed by atoms with Crippen LogP contribution in [0.2, 0.25) is 0 Å². The lowest BCUT2D eigenvalue weighted by atomic mass is 10.2. The summed E-state index contributed by atoms with van der Waals surface area (Å²) >= 11 is 0. The Balaban J connectivity index is 2.07. The third-order valence-electron chi connectivity index (χ3n) is 2.79. The molecule has 0 radical (unpaired) electrons. The highest BCUT2D eigenvalue weighted by atomic mass is 15.0. The Bertz CT molecular complexity index is 382. The van der Waals surface area contributed by atoms with Crippen LogP contribution in [0.1, 0.15) is 24.8 Å². The zero-order valence-electron chi connectivity index (χ0n) is 8.48. The van der Waals surface area contributed by atoms with Crippen molar-refractivity contribution in [1.29, 1.82) is 5.26 Å². The quantitative estimate of drug-likeness (QED) is 0.756. The number of nitrogens with one attached hydrogen (secondary N) is 1. The average Bonchev–Trinajstić information content (AvgIpc) is 2.65. The number of hydrogen-bond acceptors (Lipinski definition) is 4. The fourth-order valence-corrected chi connectivity index (χ4v) is 1.94. The van der Waals surface area contributed by atoms with E-state index in [9.17, 15) is 0 Å². The molecule has 0 bridgehead atoms. The molecule has 0 aliphatic heterocycles. The van der Waals surface area contributed by atoms with E-state index in [0.29, 0.717) is 11.6 Å². The zero-order chi connectivity index (χ0) is 10.7. The number of anilines is 1. The molecule has 1 aliphatic rings. The van der Waals surface area contributed by atoms with Gasteiger partial charge in [-0.3, -0.25) is 0 Å². The predicted molar refractivity (Wildman–Crippen MR) is 58.2 cm³/mol. The Morgan fingerprint density at radius 3 is 3.07 bits per heavy atom. The van der Waals surface area contributed by atoms with E-state index in [0.717, 1.165) is 25.1 Å². The number of pyridine rings is 1.